The van der Waals surface area contributed by atoms with Crippen LogP contribution in [0.2, 0.25) is 0 Å². The molecule has 1 amide bonds. The van der Waals surface area contributed by atoms with Gasteiger partial charge in [0.05, 0.1) is 25.3 Å². The number of nitrogens with one attached hydrogen (secondary N) is 1. The normalized spacial score (nSPS) is 16.6. The first kappa shape index (κ1) is 18.1. The fourth-order valence-electron chi connectivity index (χ4n) is 3.36. The molecule has 1 aromatic carbocycles. The van der Waals surface area contributed by atoms with E-state index in [1.807, 2.05) is 17.9 Å². The zero-order chi connectivity index (χ0) is 18.7. The van der Waals surface area contributed by atoms with Gasteiger partial charge in [0.2, 0.25) is 5.91 Å². The Bertz CT molecular complexity index is 812. The Morgan fingerprint density at radius 2 is 2.19 bits per heavy atom. The molecular weight excluding hydrogens is 335 g/mol. The number of rotatable bonds is 5. The van der Waals surface area contributed by atoms with Gasteiger partial charge in [0.25, 0.3) is 0 Å². The molecular formula is C19H23FN4O2. The molecule has 0 spiro atoms. The number of likely N-dealkylation sites (tertiary alicyclic amines) is 1. The second-order valence-corrected chi connectivity index (χ2v) is 6.37. The van der Waals surface area contributed by atoms with Crippen LogP contribution < -0.4 is 10.1 Å². The second-order valence-electron chi connectivity index (χ2n) is 6.37. The summed E-state index contributed by atoms with van der Waals surface area (Å²) in [7, 11) is 3.22. The predicted octanol–water partition coefficient (Wildman–Crippen LogP) is 2.88. The first-order valence-corrected chi connectivity index (χ1v) is 8.67. The summed E-state index contributed by atoms with van der Waals surface area (Å²) in [5.41, 5.74) is 1.47. The SMILES string of the molecule is CNc1cc([C@@H]2CCCN2C(=O)Cc2ccc(OC)c(F)c2)nc(C)n1. The number of aromatic nitrogens is 2. The Kier molecular flexibility index (Phi) is 5.35. The number of nitrogens with zero attached hydrogens (tertiary/aromatic N) is 3. The average molecular weight is 358 g/mol. The lowest BCUT2D eigenvalue weighted by Crippen LogP contribution is -2.32. The quantitative estimate of drug-likeness (QED) is 0.890. The topological polar surface area (TPSA) is 67.4 Å². The van der Waals surface area contributed by atoms with E-state index in [4.69, 9.17) is 4.74 Å². The molecule has 3 rings (SSSR count). The molecule has 0 bridgehead atoms. The summed E-state index contributed by atoms with van der Waals surface area (Å²) < 4.78 is 18.8. The van der Waals surface area contributed by atoms with Crippen molar-refractivity contribution in [1.82, 2.24) is 14.9 Å². The Morgan fingerprint density at radius 1 is 1.38 bits per heavy atom. The molecule has 0 saturated carbocycles. The van der Waals surface area contributed by atoms with Crippen molar-refractivity contribution in [3.63, 3.8) is 0 Å². The molecule has 1 aromatic heterocycles. The largest absolute Gasteiger partial charge is 0.494 e. The molecule has 2 aromatic rings. The van der Waals surface area contributed by atoms with E-state index in [1.165, 1.54) is 13.2 Å². The summed E-state index contributed by atoms with van der Waals surface area (Å²) in [6, 6.07) is 6.44. The number of carbonyl (C=O) groups excluding carboxylic acids is 1. The number of methoxy groups -OCH3 is 1. The number of hydrogen-bond acceptors (Lipinski definition) is 5. The van der Waals surface area contributed by atoms with Crippen LogP contribution in [0, 0.1) is 12.7 Å². The summed E-state index contributed by atoms with van der Waals surface area (Å²) in [5, 5.41) is 3.02. The number of benzene rings is 1. The molecule has 6 nitrogen and oxygen atoms in total. The van der Waals surface area contributed by atoms with Crippen molar-refractivity contribution in [3.05, 3.63) is 47.2 Å². The number of aryl methyl sites for hydroxylation is 1. The lowest BCUT2D eigenvalue weighted by atomic mass is 10.1. The highest BCUT2D eigenvalue weighted by Crippen LogP contribution is 2.32. The average Bonchev–Trinajstić information content (AvgIpc) is 3.11. The number of anilines is 1. The molecule has 7 heteroatoms. The van der Waals surface area contributed by atoms with E-state index in [9.17, 15) is 9.18 Å². The van der Waals surface area contributed by atoms with E-state index in [1.54, 1.807) is 19.2 Å². The Morgan fingerprint density at radius 3 is 2.88 bits per heavy atom. The smallest absolute Gasteiger partial charge is 0.227 e. The molecule has 1 fully saturated rings. The summed E-state index contributed by atoms with van der Waals surface area (Å²) in [6.07, 6.45) is 1.94. The number of hydrogen-bond donors (Lipinski definition) is 1. The van der Waals surface area contributed by atoms with E-state index in [-0.39, 0.29) is 24.1 Å². The maximum Gasteiger partial charge on any atom is 0.227 e. The summed E-state index contributed by atoms with van der Waals surface area (Å²) in [5.74, 6) is 1.10. The van der Waals surface area contributed by atoms with Crippen molar-refractivity contribution in [2.45, 2.75) is 32.2 Å². The summed E-state index contributed by atoms with van der Waals surface area (Å²) in [4.78, 5) is 23.5. The fourth-order valence-corrected chi connectivity index (χ4v) is 3.36. The van der Waals surface area contributed by atoms with Gasteiger partial charge in [-0.05, 0) is 37.5 Å². The molecule has 1 aliphatic rings. The third-order valence-electron chi connectivity index (χ3n) is 4.60. The third kappa shape index (κ3) is 3.76. The first-order chi connectivity index (χ1) is 12.5. The van der Waals surface area contributed by atoms with Crippen LogP contribution in [0.3, 0.4) is 0 Å². The summed E-state index contributed by atoms with van der Waals surface area (Å²) >= 11 is 0. The third-order valence-corrected chi connectivity index (χ3v) is 4.60. The molecule has 1 N–H and O–H groups in total. The van der Waals surface area contributed by atoms with Gasteiger partial charge in [-0.1, -0.05) is 6.07 Å². The Balaban J connectivity index is 1.78. The number of ether oxygens (including phenoxy) is 1. The van der Waals surface area contributed by atoms with Crippen LogP contribution in [-0.2, 0) is 11.2 Å². The Hall–Kier alpha value is -2.70. The van der Waals surface area contributed by atoms with Gasteiger partial charge in [-0.3, -0.25) is 4.79 Å². The van der Waals surface area contributed by atoms with Gasteiger partial charge in [0.1, 0.15) is 11.6 Å². The lowest BCUT2D eigenvalue weighted by Gasteiger charge is -2.25. The van der Waals surface area contributed by atoms with Gasteiger partial charge in [-0.2, -0.15) is 0 Å². The maximum absolute atomic E-state index is 13.9. The highest BCUT2D eigenvalue weighted by Gasteiger charge is 2.31. The maximum atomic E-state index is 13.9. The van der Waals surface area contributed by atoms with Crippen molar-refractivity contribution < 1.29 is 13.9 Å². The molecule has 0 aliphatic carbocycles. The summed E-state index contributed by atoms with van der Waals surface area (Å²) in [6.45, 7) is 2.52. The van der Waals surface area contributed by atoms with E-state index in [0.717, 1.165) is 24.4 Å². The minimum absolute atomic E-state index is 0.0284. The zero-order valence-corrected chi connectivity index (χ0v) is 15.3. The van der Waals surface area contributed by atoms with Crippen LogP contribution in [-0.4, -0.2) is 41.5 Å². The van der Waals surface area contributed by atoms with Crippen LogP contribution in [0.25, 0.3) is 0 Å². The van der Waals surface area contributed by atoms with Crippen LogP contribution in [0.5, 0.6) is 5.75 Å². The molecule has 2 heterocycles. The van der Waals surface area contributed by atoms with Crippen LogP contribution >= 0.6 is 0 Å². The van der Waals surface area contributed by atoms with Crippen LogP contribution in [0.1, 0.15) is 36.0 Å². The van der Waals surface area contributed by atoms with Crippen molar-refractivity contribution in [2.24, 2.45) is 0 Å². The number of amides is 1. The van der Waals surface area contributed by atoms with Gasteiger partial charge in [-0.25, -0.2) is 14.4 Å². The van der Waals surface area contributed by atoms with Gasteiger partial charge >= 0.3 is 0 Å². The zero-order valence-electron chi connectivity index (χ0n) is 15.3. The minimum Gasteiger partial charge on any atom is -0.494 e. The minimum atomic E-state index is -0.458. The van der Waals surface area contributed by atoms with E-state index in [0.29, 0.717) is 17.9 Å². The highest BCUT2D eigenvalue weighted by molar-refractivity contribution is 5.79. The van der Waals surface area contributed by atoms with Crippen molar-refractivity contribution >= 4 is 11.7 Å². The predicted molar refractivity (Wildman–Crippen MR) is 96.7 cm³/mol. The molecule has 1 aliphatic heterocycles. The van der Waals surface area contributed by atoms with E-state index >= 15 is 0 Å². The molecule has 138 valence electrons. The van der Waals surface area contributed by atoms with Crippen molar-refractivity contribution in [2.75, 3.05) is 26.0 Å². The van der Waals surface area contributed by atoms with Gasteiger partial charge in [0, 0.05) is 19.7 Å². The van der Waals surface area contributed by atoms with Gasteiger partial charge in [0.15, 0.2) is 11.6 Å². The Labute approximate surface area is 152 Å². The molecule has 1 saturated heterocycles. The van der Waals surface area contributed by atoms with Crippen LogP contribution in [0.4, 0.5) is 10.2 Å². The van der Waals surface area contributed by atoms with Crippen molar-refractivity contribution in [1.29, 1.82) is 0 Å². The second kappa shape index (κ2) is 7.68. The monoisotopic (exact) mass is 358 g/mol. The van der Waals surface area contributed by atoms with E-state index < -0.39 is 5.82 Å². The van der Waals surface area contributed by atoms with Gasteiger partial charge in [-0.15, -0.1) is 0 Å². The molecule has 0 radical (unpaired) electrons. The molecule has 1 atom stereocenters. The highest BCUT2D eigenvalue weighted by atomic mass is 19.1. The number of halogens is 1. The van der Waals surface area contributed by atoms with E-state index in [2.05, 4.69) is 15.3 Å². The van der Waals surface area contributed by atoms with Gasteiger partial charge < -0.3 is 15.0 Å². The lowest BCUT2D eigenvalue weighted by molar-refractivity contribution is -0.131. The van der Waals surface area contributed by atoms with Crippen molar-refractivity contribution in [3.8, 4) is 5.75 Å². The standard InChI is InChI=1S/C19H23FN4O2/c1-12-22-15(11-18(21-2)23-12)16-5-4-8-24(16)19(25)10-13-6-7-17(26-3)14(20)9-13/h6-7,9,11,16H,4-5,8,10H2,1-3H3,(H,21,22,23)/t16-/m0/s1. The number of carbonyl (C=O) groups is 1. The van der Waals surface area contributed by atoms with Crippen LogP contribution in [0.15, 0.2) is 24.3 Å². The fraction of sp³-hybridized carbons (Fsp3) is 0.421. The molecule has 0 unspecified atom stereocenters. The molecule has 26 heavy (non-hydrogen) atoms. The first-order valence-electron chi connectivity index (χ1n) is 8.67.